The average molecular weight is 762 g/mol. The number of morpholine rings is 1. The zero-order chi connectivity index (χ0) is 39.7. The SMILES string of the molecule is NC(=O)NCC#Cc1ccc2c(c1)C1(C(=O)N2)C(C(=O)NCC(O)c2ccccc2)C2C(=O)OC(c3ccccc3)C(c3ccccc3)N2C1c1ccc(O)cc1. The van der Waals surface area contributed by atoms with Crippen LogP contribution >= 0.6 is 0 Å². The molecular weight excluding hydrogens is 723 g/mol. The third kappa shape index (κ3) is 6.63. The number of aromatic hydroxyl groups is 1. The Morgan fingerprint density at radius 3 is 2.14 bits per heavy atom. The topological polar surface area (TPSA) is 183 Å². The van der Waals surface area contributed by atoms with Gasteiger partial charge in [0.15, 0.2) is 0 Å². The number of carbonyl (C=O) groups is 4. The maximum atomic E-state index is 15.2. The number of aliphatic hydroxyl groups excluding tert-OH is 1. The lowest BCUT2D eigenvalue weighted by atomic mass is 9.65. The fourth-order valence-corrected chi connectivity index (χ4v) is 8.71. The number of hydrogen-bond donors (Lipinski definition) is 6. The molecule has 12 heteroatoms. The van der Waals surface area contributed by atoms with E-state index in [2.05, 4.69) is 27.8 Å². The monoisotopic (exact) mass is 761 g/mol. The van der Waals surface area contributed by atoms with Crippen molar-refractivity contribution >= 4 is 29.5 Å². The van der Waals surface area contributed by atoms with Crippen LogP contribution in [-0.4, -0.2) is 58.1 Å². The van der Waals surface area contributed by atoms with E-state index in [9.17, 15) is 19.8 Å². The highest BCUT2D eigenvalue weighted by molar-refractivity contribution is 6.12. The van der Waals surface area contributed by atoms with Crippen LogP contribution in [0.25, 0.3) is 0 Å². The number of phenols is 1. The summed E-state index contributed by atoms with van der Waals surface area (Å²) < 4.78 is 6.42. The van der Waals surface area contributed by atoms with Crippen LogP contribution in [-0.2, 0) is 24.5 Å². The molecule has 2 fully saturated rings. The van der Waals surface area contributed by atoms with Gasteiger partial charge in [0.25, 0.3) is 0 Å². The summed E-state index contributed by atoms with van der Waals surface area (Å²) in [6.07, 6.45) is -1.94. The Morgan fingerprint density at radius 1 is 0.825 bits per heavy atom. The first-order valence-corrected chi connectivity index (χ1v) is 18.5. The molecule has 7 N–H and O–H groups in total. The van der Waals surface area contributed by atoms with Gasteiger partial charge in [0.2, 0.25) is 11.8 Å². The van der Waals surface area contributed by atoms with Crippen molar-refractivity contribution in [3.05, 3.63) is 167 Å². The van der Waals surface area contributed by atoms with E-state index in [1.807, 2.05) is 71.6 Å². The number of amides is 4. The Balaban J connectivity index is 1.36. The molecule has 7 unspecified atom stereocenters. The summed E-state index contributed by atoms with van der Waals surface area (Å²) in [5.74, 6) is 2.60. The van der Waals surface area contributed by atoms with Crippen LogP contribution < -0.4 is 21.7 Å². The predicted molar refractivity (Wildman–Crippen MR) is 210 cm³/mol. The molecular formula is C45H39N5O7. The number of nitrogens with one attached hydrogen (secondary N) is 3. The number of benzene rings is 5. The highest BCUT2D eigenvalue weighted by Gasteiger charge is 2.74. The van der Waals surface area contributed by atoms with Gasteiger partial charge in [-0.15, -0.1) is 0 Å². The molecule has 8 rings (SSSR count). The highest BCUT2D eigenvalue weighted by Crippen LogP contribution is 2.64. The van der Waals surface area contributed by atoms with Gasteiger partial charge in [0, 0.05) is 17.8 Å². The molecule has 3 aliphatic rings. The molecule has 12 nitrogen and oxygen atoms in total. The van der Waals surface area contributed by atoms with Crippen molar-refractivity contribution in [3.8, 4) is 17.6 Å². The Hall–Kier alpha value is -6.94. The average Bonchev–Trinajstić information content (AvgIpc) is 3.71. The van der Waals surface area contributed by atoms with Crippen molar-refractivity contribution in [1.82, 2.24) is 15.5 Å². The third-order valence-electron chi connectivity index (χ3n) is 11.0. The number of ether oxygens (including phenoxy) is 1. The van der Waals surface area contributed by atoms with Crippen molar-refractivity contribution in [2.24, 2.45) is 11.7 Å². The molecule has 5 aromatic carbocycles. The summed E-state index contributed by atoms with van der Waals surface area (Å²) in [4.78, 5) is 58.5. The molecule has 2 saturated heterocycles. The maximum Gasteiger partial charge on any atom is 0.324 e. The van der Waals surface area contributed by atoms with E-state index in [0.29, 0.717) is 33.5 Å². The van der Waals surface area contributed by atoms with Gasteiger partial charge in [0.1, 0.15) is 23.3 Å². The van der Waals surface area contributed by atoms with Gasteiger partial charge in [-0.1, -0.05) is 115 Å². The lowest BCUT2D eigenvalue weighted by Gasteiger charge is -2.46. The number of anilines is 1. The molecule has 0 radical (unpaired) electrons. The van der Waals surface area contributed by atoms with E-state index in [4.69, 9.17) is 10.5 Å². The van der Waals surface area contributed by atoms with Crippen molar-refractivity contribution in [1.29, 1.82) is 0 Å². The van der Waals surface area contributed by atoms with Crippen molar-refractivity contribution in [2.75, 3.05) is 18.4 Å². The molecule has 1 spiro atoms. The number of hydrogen-bond acceptors (Lipinski definition) is 8. The zero-order valence-electron chi connectivity index (χ0n) is 30.5. The summed E-state index contributed by atoms with van der Waals surface area (Å²) >= 11 is 0. The number of carbonyl (C=O) groups excluding carboxylic acids is 4. The molecule has 5 aromatic rings. The normalized spacial score (nSPS) is 23.9. The first-order chi connectivity index (χ1) is 27.7. The van der Waals surface area contributed by atoms with Crippen LogP contribution in [0.1, 0.15) is 57.7 Å². The number of rotatable bonds is 8. The first-order valence-electron chi connectivity index (χ1n) is 18.5. The molecule has 57 heavy (non-hydrogen) atoms. The van der Waals surface area contributed by atoms with Gasteiger partial charge in [-0.25, -0.2) is 4.79 Å². The van der Waals surface area contributed by atoms with Crippen molar-refractivity contribution < 1.29 is 34.1 Å². The van der Waals surface area contributed by atoms with E-state index in [-0.39, 0.29) is 18.8 Å². The number of primary amides is 1. The number of esters is 1. The molecule has 0 aromatic heterocycles. The van der Waals surface area contributed by atoms with Gasteiger partial charge in [-0.2, -0.15) is 0 Å². The van der Waals surface area contributed by atoms with Gasteiger partial charge in [0.05, 0.1) is 30.7 Å². The van der Waals surface area contributed by atoms with Gasteiger partial charge < -0.3 is 36.6 Å². The maximum absolute atomic E-state index is 15.2. The number of cyclic esters (lactones) is 1. The Labute approximate surface area is 328 Å². The molecule has 0 aliphatic carbocycles. The number of aliphatic hydroxyl groups is 1. The smallest absolute Gasteiger partial charge is 0.324 e. The minimum Gasteiger partial charge on any atom is -0.508 e. The standard InChI is InChI=1S/C45H39N5O7/c46-44(56)47-24-10-11-27-18-23-34-33(25-27)45(43(55)49-34)36(41(53)48-26-35(52)28-12-4-1-5-13-28)38-42(54)57-39(30-16-8-3-9-17-30)37(29-14-6-2-7-15-29)50(38)40(45)31-19-21-32(51)22-20-31/h1-9,12-23,25,35-40,51-52H,24,26H2,(H,48,53)(H,49,55)(H3,46,47,56). The predicted octanol–water partition coefficient (Wildman–Crippen LogP) is 4.53. The van der Waals surface area contributed by atoms with E-state index < -0.39 is 65.5 Å². The van der Waals surface area contributed by atoms with Crippen molar-refractivity contribution in [3.63, 3.8) is 0 Å². The van der Waals surface area contributed by atoms with Crippen LogP contribution in [0, 0.1) is 17.8 Å². The second-order valence-electron chi connectivity index (χ2n) is 14.3. The number of nitrogens with two attached hydrogens (primary N) is 1. The van der Waals surface area contributed by atoms with E-state index >= 15 is 9.59 Å². The van der Waals surface area contributed by atoms with E-state index in [0.717, 1.165) is 5.56 Å². The zero-order valence-corrected chi connectivity index (χ0v) is 30.5. The second kappa shape index (κ2) is 15.3. The van der Waals surface area contributed by atoms with Gasteiger partial charge in [-0.05, 0) is 58.1 Å². The number of nitrogens with zero attached hydrogens (tertiary/aromatic N) is 1. The fraction of sp³-hybridized carbons (Fsp3) is 0.200. The summed E-state index contributed by atoms with van der Waals surface area (Å²) in [6, 6.07) is 35.5. The molecule has 4 amide bonds. The molecule has 3 aliphatic heterocycles. The van der Waals surface area contributed by atoms with Crippen LogP contribution in [0.15, 0.2) is 133 Å². The Bertz CT molecular complexity index is 2380. The summed E-state index contributed by atoms with van der Waals surface area (Å²) in [5, 5.41) is 30.0. The van der Waals surface area contributed by atoms with E-state index in [1.165, 1.54) is 12.1 Å². The Morgan fingerprint density at radius 2 is 1.47 bits per heavy atom. The molecule has 286 valence electrons. The van der Waals surface area contributed by atoms with E-state index in [1.54, 1.807) is 54.6 Å². The molecule has 0 bridgehead atoms. The fourth-order valence-electron chi connectivity index (χ4n) is 8.71. The van der Waals surface area contributed by atoms with Crippen molar-refractivity contribution in [2.45, 2.75) is 35.7 Å². The van der Waals surface area contributed by atoms with Crippen LogP contribution in [0.5, 0.6) is 5.75 Å². The first kappa shape index (κ1) is 37.0. The quantitative estimate of drug-likeness (QED) is 0.0985. The number of fused-ring (bicyclic) bond motifs is 3. The minimum atomic E-state index is -1.79. The largest absolute Gasteiger partial charge is 0.508 e. The van der Waals surface area contributed by atoms with Gasteiger partial charge in [-0.3, -0.25) is 19.3 Å². The summed E-state index contributed by atoms with van der Waals surface area (Å²) in [5.41, 5.74) is 7.41. The highest BCUT2D eigenvalue weighted by atomic mass is 16.6. The number of urea groups is 1. The summed E-state index contributed by atoms with van der Waals surface area (Å²) in [7, 11) is 0. The molecule has 0 saturated carbocycles. The minimum absolute atomic E-state index is 0.00947. The molecule has 7 atom stereocenters. The number of phenolic OH excluding ortho intramolecular Hbond substituents is 1. The van der Waals surface area contributed by atoms with Gasteiger partial charge >= 0.3 is 12.0 Å². The van der Waals surface area contributed by atoms with Crippen LogP contribution in [0.2, 0.25) is 0 Å². The lowest BCUT2D eigenvalue weighted by molar-refractivity contribution is -0.178. The summed E-state index contributed by atoms with van der Waals surface area (Å²) in [6.45, 7) is -0.232. The van der Waals surface area contributed by atoms with Crippen LogP contribution in [0.4, 0.5) is 10.5 Å². The lowest BCUT2D eigenvalue weighted by Crippen LogP contribution is -2.55. The third-order valence-corrected chi connectivity index (χ3v) is 11.0. The second-order valence-corrected chi connectivity index (χ2v) is 14.3. The van der Waals surface area contributed by atoms with Crippen LogP contribution in [0.3, 0.4) is 0 Å². The Kier molecular flexibility index (Phi) is 9.93. The molecule has 3 heterocycles.